The highest BCUT2D eigenvalue weighted by molar-refractivity contribution is 8.00. The summed E-state index contributed by atoms with van der Waals surface area (Å²) in [5, 5.41) is 13.2. The van der Waals surface area contributed by atoms with Gasteiger partial charge in [-0.15, -0.1) is 11.8 Å². The van der Waals surface area contributed by atoms with Crippen molar-refractivity contribution in [2.75, 3.05) is 48.8 Å². The molecule has 0 bridgehead atoms. The van der Waals surface area contributed by atoms with E-state index in [9.17, 15) is 23.9 Å². The number of pyridine rings is 1. The number of hydrogen-bond acceptors (Lipinski definition) is 7. The summed E-state index contributed by atoms with van der Waals surface area (Å²) < 4.78 is 22.3. The Balaban J connectivity index is 1.14. The molecule has 0 radical (unpaired) electrons. The number of aromatic nitrogens is 1. The third-order valence-corrected chi connectivity index (χ3v) is 8.69. The van der Waals surface area contributed by atoms with E-state index in [1.807, 2.05) is 12.1 Å². The number of aliphatic hydroxyl groups is 1. The van der Waals surface area contributed by atoms with Crippen LogP contribution >= 0.6 is 11.8 Å². The summed E-state index contributed by atoms with van der Waals surface area (Å²) in [6.07, 6.45) is 0.340. The van der Waals surface area contributed by atoms with Gasteiger partial charge in [-0.25, -0.2) is 9.18 Å². The number of fused-ring (bicyclic) bond motifs is 1. The number of carbonyl (C=O) groups is 2. The number of amides is 2. The normalized spacial score (nSPS) is 20.0. The van der Waals surface area contributed by atoms with Crippen molar-refractivity contribution in [2.45, 2.75) is 36.3 Å². The monoisotopic (exact) mass is 552 g/mol. The summed E-state index contributed by atoms with van der Waals surface area (Å²) in [4.78, 5) is 41.7. The molecule has 11 heteroatoms. The van der Waals surface area contributed by atoms with Crippen LogP contribution in [0, 0.1) is 5.82 Å². The molecule has 9 nitrogen and oxygen atoms in total. The van der Waals surface area contributed by atoms with Crippen molar-refractivity contribution in [3.8, 4) is 0 Å². The number of thioether (sulfide) groups is 1. The Hall–Kier alpha value is -3.41. The van der Waals surface area contributed by atoms with Crippen LogP contribution in [0.5, 0.6) is 0 Å². The molecule has 2 aromatic carbocycles. The molecule has 204 valence electrons. The van der Waals surface area contributed by atoms with Crippen molar-refractivity contribution >= 4 is 46.0 Å². The van der Waals surface area contributed by atoms with Crippen molar-refractivity contribution in [2.24, 2.45) is 0 Å². The van der Waals surface area contributed by atoms with Crippen LogP contribution < -0.4 is 15.8 Å². The number of nitrogens with zero attached hydrogens (tertiary/aromatic N) is 3. The van der Waals surface area contributed by atoms with Gasteiger partial charge in [-0.1, -0.05) is 0 Å². The van der Waals surface area contributed by atoms with Gasteiger partial charge in [0.2, 0.25) is 5.91 Å². The molecule has 6 rings (SSSR count). The molecule has 1 fully saturated rings. The maximum absolute atomic E-state index is 14.9. The van der Waals surface area contributed by atoms with Gasteiger partial charge in [-0.05, 0) is 61.2 Å². The summed E-state index contributed by atoms with van der Waals surface area (Å²) in [6, 6.07) is 12.0. The Labute approximate surface area is 228 Å². The average Bonchev–Trinajstić information content (AvgIpc) is 3.50. The van der Waals surface area contributed by atoms with Crippen molar-refractivity contribution in [1.29, 1.82) is 0 Å². The summed E-state index contributed by atoms with van der Waals surface area (Å²) in [6.45, 7) is 2.47. The van der Waals surface area contributed by atoms with Gasteiger partial charge in [0.25, 0.3) is 5.56 Å². The smallest absolute Gasteiger partial charge is 0.414 e. The standard InChI is InChI=1S/C28H29FN4O5S/c29-21-5-2-17-3-7-25(36)33-13-18(26(21)27(17)33)8-10-31(9-1-11-34)14-20-15-32(28(37)38-20)19-4-6-23-22(12-19)30-24(35)16-39-23/h2-7,12,18,20,34H,1,8-11,13-16H2,(H,30,35)/t18-,20+/m0/s1. The molecule has 0 spiro atoms. The van der Waals surface area contributed by atoms with Crippen molar-refractivity contribution < 1.29 is 23.8 Å². The summed E-state index contributed by atoms with van der Waals surface area (Å²) in [5.74, 6) is -0.148. The molecule has 0 unspecified atom stereocenters. The Morgan fingerprint density at radius 3 is 2.79 bits per heavy atom. The minimum atomic E-state index is -0.448. The highest BCUT2D eigenvalue weighted by Crippen LogP contribution is 2.37. The van der Waals surface area contributed by atoms with E-state index < -0.39 is 6.09 Å². The number of hydrogen-bond donors (Lipinski definition) is 2. The van der Waals surface area contributed by atoms with E-state index in [4.69, 9.17) is 4.74 Å². The fraction of sp³-hybridized carbons (Fsp3) is 0.393. The van der Waals surface area contributed by atoms with Gasteiger partial charge in [-0.2, -0.15) is 0 Å². The minimum Gasteiger partial charge on any atom is -0.443 e. The lowest BCUT2D eigenvalue weighted by Gasteiger charge is -2.26. The number of ether oxygens (including phenoxy) is 1. The minimum absolute atomic E-state index is 0.0319. The Kier molecular flexibility index (Phi) is 7.05. The molecule has 2 amide bonds. The highest BCUT2D eigenvalue weighted by atomic mass is 32.2. The van der Waals surface area contributed by atoms with E-state index in [2.05, 4.69) is 10.2 Å². The molecular weight excluding hydrogens is 523 g/mol. The van der Waals surface area contributed by atoms with Crippen LogP contribution in [0.4, 0.5) is 20.6 Å². The van der Waals surface area contributed by atoms with Crippen LogP contribution in [0.15, 0.2) is 52.2 Å². The van der Waals surface area contributed by atoms with Crippen molar-refractivity contribution in [3.63, 3.8) is 0 Å². The summed E-state index contributed by atoms with van der Waals surface area (Å²) >= 11 is 1.46. The second-order valence-corrected chi connectivity index (χ2v) is 11.2. The molecule has 2 atom stereocenters. The number of benzene rings is 2. The quantitative estimate of drug-likeness (QED) is 0.420. The zero-order chi connectivity index (χ0) is 27.1. The van der Waals surface area contributed by atoms with E-state index >= 15 is 0 Å². The van der Waals surface area contributed by atoms with Gasteiger partial charge in [0.1, 0.15) is 11.9 Å². The molecule has 39 heavy (non-hydrogen) atoms. The van der Waals surface area contributed by atoms with Gasteiger partial charge < -0.3 is 19.7 Å². The zero-order valence-electron chi connectivity index (χ0n) is 21.3. The van der Waals surface area contributed by atoms with Crippen molar-refractivity contribution in [1.82, 2.24) is 9.47 Å². The molecule has 4 heterocycles. The largest absolute Gasteiger partial charge is 0.443 e. The van der Waals surface area contributed by atoms with Gasteiger partial charge in [0.05, 0.1) is 23.5 Å². The first-order valence-electron chi connectivity index (χ1n) is 13.1. The van der Waals surface area contributed by atoms with Crippen molar-refractivity contribution in [3.05, 3.63) is 64.2 Å². The van der Waals surface area contributed by atoms with E-state index in [0.29, 0.717) is 73.8 Å². The van der Waals surface area contributed by atoms with E-state index in [-0.39, 0.29) is 35.9 Å². The maximum Gasteiger partial charge on any atom is 0.414 e. The number of cyclic esters (lactones) is 1. The number of aliphatic hydroxyl groups excluding tert-OH is 1. The number of carbonyl (C=O) groups excluding carboxylic acids is 2. The SMILES string of the molecule is O=C1CSc2ccc(N3C[C@@H](CN(CCCO)CC[C@H]4Cn5c(=O)ccc6ccc(F)c4c65)OC3=O)cc2N1. The molecule has 2 N–H and O–H groups in total. The lowest BCUT2D eigenvalue weighted by molar-refractivity contribution is -0.113. The third kappa shape index (κ3) is 5.02. The first-order chi connectivity index (χ1) is 18.9. The Morgan fingerprint density at radius 1 is 1.10 bits per heavy atom. The number of halogens is 1. The molecule has 0 aliphatic carbocycles. The first kappa shape index (κ1) is 25.8. The predicted octanol–water partition coefficient (Wildman–Crippen LogP) is 3.38. The van der Waals surface area contributed by atoms with Gasteiger partial charge in [-0.3, -0.25) is 19.4 Å². The number of anilines is 2. The molecular formula is C28H29FN4O5S. The summed E-state index contributed by atoms with van der Waals surface area (Å²) in [5.41, 5.74) is 2.47. The third-order valence-electron chi connectivity index (χ3n) is 7.62. The Bertz CT molecular complexity index is 1510. The first-order valence-corrected chi connectivity index (χ1v) is 14.1. The predicted molar refractivity (Wildman–Crippen MR) is 147 cm³/mol. The molecule has 3 aromatic rings. The van der Waals surface area contributed by atoms with Crippen LogP contribution in [0.2, 0.25) is 0 Å². The summed E-state index contributed by atoms with van der Waals surface area (Å²) in [7, 11) is 0. The molecule has 3 aliphatic heterocycles. The van der Waals surface area contributed by atoms with E-state index in [0.717, 1.165) is 10.3 Å². The molecule has 3 aliphatic rings. The zero-order valence-corrected chi connectivity index (χ0v) is 22.1. The number of rotatable bonds is 9. The Morgan fingerprint density at radius 2 is 1.95 bits per heavy atom. The molecule has 1 aromatic heterocycles. The van der Waals surface area contributed by atoms with Gasteiger partial charge in [0.15, 0.2) is 0 Å². The van der Waals surface area contributed by atoms with E-state index in [1.54, 1.807) is 27.7 Å². The topological polar surface area (TPSA) is 104 Å². The van der Waals surface area contributed by atoms with Gasteiger partial charge in [0, 0.05) is 54.4 Å². The molecule has 0 saturated carbocycles. The van der Waals surface area contributed by atoms with Crippen LogP contribution in [-0.2, 0) is 16.1 Å². The van der Waals surface area contributed by atoms with Crippen LogP contribution in [0.25, 0.3) is 10.9 Å². The second kappa shape index (κ2) is 10.6. The van der Waals surface area contributed by atoms with E-state index in [1.165, 1.54) is 23.9 Å². The van der Waals surface area contributed by atoms with Crippen LogP contribution in [-0.4, -0.2) is 71.2 Å². The highest BCUT2D eigenvalue weighted by Gasteiger charge is 2.35. The lowest BCUT2D eigenvalue weighted by Crippen LogP contribution is -2.37. The molecule has 1 saturated heterocycles. The fourth-order valence-corrected chi connectivity index (χ4v) is 6.58. The van der Waals surface area contributed by atoms with Crippen LogP contribution in [0.3, 0.4) is 0 Å². The second-order valence-electron chi connectivity index (χ2n) is 10.2. The van der Waals surface area contributed by atoms with Gasteiger partial charge >= 0.3 is 6.09 Å². The lowest BCUT2D eigenvalue weighted by atomic mass is 9.96. The van der Waals surface area contributed by atoms with Crippen LogP contribution in [0.1, 0.15) is 24.3 Å². The maximum atomic E-state index is 14.9. The fourth-order valence-electron chi connectivity index (χ4n) is 5.80. The number of nitrogens with one attached hydrogen (secondary N) is 1. The average molecular weight is 553 g/mol.